The standard InChI is InChI=1S/C35H64N2O7/c1-10-12-18-41-32(39)29(36-24-34(4,5)6)20-26(3)43-22-27-14-16-28(17-15-27)23-44-31(38)21-30(37-25-35(7,8)9)33(40)42-19-13-11-2/h27-30,36-37H,3,10-25H2,1-2,4-9H3. The lowest BCUT2D eigenvalue weighted by Crippen LogP contribution is -2.44. The Kier molecular flexibility index (Phi) is 18.9. The molecule has 0 spiro atoms. The fourth-order valence-corrected chi connectivity index (χ4v) is 4.70. The van der Waals surface area contributed by atoms with Gasteiger partial charge in [-0.3, -0.25) is 14.4 Å². The molecule has 2 N–H and O–H groups in total. The number of nitrogens with one attached hydrogen (secondary N) is 2. The Labute approximate surface area is 267 Å². The molecule has 0 aliphatic heterocycles. The molecule has 9 heteroatoms. The zero-order valence-corrected chi connectivity index (χ0v) is 29.2. The number of hydrogen-bond donors (Lipinski definition) is 2. The van der Waals surface area contributed by atoms with E-state index in [-0.39, 0.29) is 29.2 Å². The summed E-state index contributed by atoms with van der Waals surface area (Å²) in [6.45, 7) is 23.7. The van der Waals surface area contributed by atoms with Gasteiger partial charge in [-0.1, -0.05) is 74.8 Å². The molecule has 0 saturated heterocycles. The summed E-state index contributed by atoms with van der Waals surface area (Å²) in [7, 11) is 0. The van der Waals surface area contributed by atoms with E-state index >= 15 is 0 Å². The highest BCUT2D eigenvalue weighted by Crippen LogP contribution is 2.30. The maximum absolute atomic E-state index is 12.7. The van der Waals surface area contributed by atoms with E-state index in [1.165, 1.54) is 0 Å². The van der Waals surface area contributed by atoms with Gasteiger partial charge in [0, 0.05) is 19.5 Å². The molecule has 0 bridgehead atoms. The molecule has 2 atom stereocenters. The number of rotatable bonds is 21. The van der Waals surface area contributed by atoms with Gasteiger partial charge in [-0.2, -0.15) is 0 Å². The number of esters is 3. The first-order valence-corrected chi connectivity index (χ1v) is 16.9. The number of carbonyl (C=O) groups is 3. The monoisotopic (exact) mass is 624 g/mol. The Bertz CT molecular complexity index is 784. The van der Waals surface area contributed by atoms with E-state index in [2.05, 4.69) is 65.7 Å². The van der Waals surface area contributed by atoms with Crippen LogP contribution in [0.15, 0.2) is 12.3 Å². The van der Waals surface area contributed by atoms with Crippen LogP contribution in [0.3, 0.4) is 0 Å². The molecule has 1 aliphatic carbocycles. The molecule has 2 unspecified atom stereocenters. The lowest BCUT2D eigenvalue weighted by Gasteiger charge is -2.29. The summed E-state index contributed by atoms with van der Waals surface area (Å²) in [6.07, 6.45) is 7.72. The smallest absolute Gasteiger partial charge is 0.323 e. The van der Waals surface area contributed by atoms with Crippen molar-refractivity contribution in [1.82, 2.24) is 10.6 Å². The van der Waals surface area contributed by atoms with Crippen LogP contribution in [-0.2, 0) is 33.3 Å². The Balaban J connectivity index is 2.47. The third kappa shape index (κ3) is 19.3. The van der Waals surface area contributed by atoms with E-state index in [1.54, 1.807) is 0 Å². The Morgan fingerprint density at radius 2 is 1.09 bits per heavy atom. The predicted octanol–water partition coefficient (Wildman–Crippen LogP) is 6.34. The average Bonchev–Trinajstić information content (AvgIpc) is 2.94. The fourth-order valence-electron chi connectivity index (χ4n) is 4.70. The maximum Gasteiger partial charge on any atom is 0.323 e. The van der Waals surface area contributed by atoms with E-state index in [9.17, 15) is 14.4 Å². The van der Waals surface area contributed by atoms with Crippen LogP contribution >= 0.6 is 0 Å². The van der Waals surface area contributed by atoms with Crippen LogP contribution in [0, 0.1) is 22.7 Å². The molecule has 0 heterocycles. The van der Waals surface area contributed by atoms with Crippen LogP contribution in [0.5, 0.6) is 0 Å². The van der Waals surface area contributed by atoms with Crippen molar-refractivity contribution >= 4 is 17.9 Å². The Morgan fingerprint density at radius 3 is 1.50 bits per heavy atom. The Hall–Kier alpha value is -2.13. The molecule has 1 rings (SSSR count). The van der Waals surface area contributed by atoms with Gasteiger partial charge in [0.25, 0.3) is 0 Å². The van der Waals surface area contributed by atoms with Gasteiger partial charge < -0.3 is 29.6 Å². The highest BCUT2D eigenvalue weighted by Gasteiger charge is 2.28. The van der Waals surface area contributed by atoms with Gasteiger partial charge in [-0.05, 0) is 61.2 Å². The van der Waals surface area contributed by atoms with Gasteiger partial charge in [-0.25, -0.2) is 0 Å². The minimum absolute atomic E-state index is 0.0298. The molecular weight excluding hydrogens is 560 g/mol. The summed E-state index contributed by atoms with van der Waals surface area (Å²) in [5.41, 5.74) is -0.00640. The first-order chi connectivity index (χ1) is 20.6. The third-order valence-electron chi connectivity index (χ3n) is 7.58. The number of ether oxygens (including phenoxy) is 4. The number of hydrogen-bond acceptors (Lipinski definition) is 9. The van der Waals surface area contributed by atoms with Crippen molar-refractivity contribution < 1.29 is 33.3 Å². The topological polar surface area (TPSA) is 112 Å². The van der Waals surface area contributed by atoms with Gasteiger partial charge in [0.15, 0.2) is 0 Å². The fraction of sp³-hybridized carbons (Fsp3) is 0.857. The van der Waals surface area contributed by atoms with Crippen LogP contribution in [0.1, 0.15) is 120 Å². The summed E-state index contributed by atoms with van der Waals surface area (Å²) in [5, 5.41) is 6.54. The van der Waals surface area contributed by atoms with Crippen LogP contribution in [-0.4, -0.2) is 69.5 Å². The molecule has 0 aromatic carbocycles. The molecule has 0 radical (unpaired) electrons. The van der Waals surface area contributed by atoms with Crippen molar-refractivity contribution in [2.75, 3.05) is 39.5 Å². The van der Waals surface area contributed by atoms with E-state index < -0.39 is 18.1 Å². The van der Waals surface area contributed by atoms with Crippen molar-refractivity contribution in [3.8, 4) is 0 Å². The summed E-state index contributed by atoms with van der Waals surface area (Å²) in [5.74, 6) is 0.231. The summed E-state index contributed by atoms with van der Waals surface area (Å²) in [6, 6.07) is -1.19. The molecule has 0 aromatic heterocycles. The number of carbonyl (C=O) groups excluding carboxylic acids is 3. The molecular formula is C35H64N2O7. The minimum atomic E-state index is -0.707. The quantitative estimate of drug-likeness (QED) is 0.0654. The molecule has 0 aromatic rings. The third-order valence-corrected chi connectivity index (χ3v) is 7.58. The van der Waals surface area contributed by atoms with Crippen molar-refractivity contribution in [2.45, 2.75) is 132 Å². The molecule has 9 nitrogen and oxygen atoms in total. The van der Waals surface area contributed by atoms with Gasteiger partial charge in [0.1, 0.15) is 12.1 Å². The van der Waals surface area contributed by atoms with Crippen molar-refractivity contribution in [1.29, 1.82) is 0 Å². The van der Waals surface area contributed by atoms with E-state index in [4.69, 9.17) is 18.9 Å². The Morgan fingerprint density at radius 1 is 0.682 bits per heavy atom. The molecule has 256 valence electrons. The van der Waals surface area contributed by atoms with E-state index in [0.717, 1.165) is 51.4 Å². The molecule has 1 saturated carbocycles. The SMILES string of the molecule is C=C(CC(NCC(C)(C)C)C(=O)OCCCC)OCC1CCC(COC(=O)CC(NCC(C)(C)C)C(=O)OCCCC)CC1. The van der Waals surface area contributed by atoms with Gasteiger partial charge >= 0.3 is 17.9 Å². The first kappa shape index (κ1) is 39.9. The normalized spacial score (nSPS) is 18.6. The second-order valence-corrected chi connectivity index (χ2v) is 14.9. The van der Waals surface area contributed by atoms with Gasteiger partial charge in [-0.15, -0.1) is 0 Å². The van der Waals surface area contributed by atoms with Gasteiger partial charge in [0.05, 0.1) is 38.6 Å². The molecule has 1 aliphatic rings. The predicted molar refractivity (Wildman–Crippen MR) is 175 cm³/mol. The van der Waals surface area contributed by atoms with E-state index in [1.807, 2.05) is 6.92 Å². The van der Waals surface area contributed by atoms with E-state index in [0.29, 0.717) is 63.5 Å². The minimum Gasteiger partial charge on any atom is -0.498 e. The summed E-state index contributed by atoms with van der Waals surface area (Å²) < 4.78 is 22.5. The molecule has 1 fully saturated rings. The van der Waals surface area contributed by atoms with Crippen molar-refractivity contribution in [3.63, 3.8) is 0 Å². The second-order valence-electron chi connectivity index (χ2n) is 14.9. The lowest BCUT2D eigenvalue weighted by atomic mass is 9.83. The maximum atomic E-state index is 12.7. The lowest BCUT2D eigenvalue weighted by molar-refractivity contribution is -0.153. The van der Waals surface area contributed by atoms with Crippen LogP contribution in [0.2, 0.25) is 0 Å². The largest absolute Gasteiger partial charge is 0.498 e. The highest BCUT2D eigenvalue weighted by atomic mass is 16.5. The first-order valence-electron chi connectivity index (χ1n) is 16.9. The van der Waals surface area contributed by atoms with Crippen molar-refractivity contribution in [3.05, 3.63) is 12.3 Å². The van der Waals surface area contributed by atoms with Crippen molar-refractivity contribution in [2.24, 2.45) is 22.7 Å². The summed E-state index contributed by atoms with van der Waals surface area (Å²) >= 11 is 0. The second kappa shape index (κ2) is 20.8. The van der Waals surface area contributed by atoms with Gasteiger partial charge in [0.2, 0.25) is 0 Å². The molecule has 0 amide bonds. The van der Waals surface area contributed by atoms with Crippen LogP contribution < -0.4 is 10.6 Å². The zero-order valence-electron chi connectivity index (χ0n) is 29.2. The van der Waals surface area contributed by atoms with Crippen LogP contribution in [0.4, 0.5) is 0 Å². The number of unbranched alkanes of at least 4 members (excludes halogenated alkanes) is 2. The highest BCUT2D eigenvalue weighted by molar-refractivity contribution is 5.82. The van der Waals surface area contributed by atoms with Crippen LogP contribution in [0.25, 0.3) is 0 Å². The molecule has 44 heavy (non-hydrogen) atoms. The zero-order chi connectivity index (χ0) is 33.2. The average molecular weight is 625 g/mol. The summed E-state index contributed by atoms with van der Waals surface area (Å²) in [4.78, 5) is 38.0.